The fraction of sp³-hybridized carbons (Fsp3) is 0.400. The third-order valence-corrected chi connectivity index (χ3v) is 4.87. The molecule has 0 aliphatic heterocycles. The molecule has 1 aliphatic carbocycles. The molecule has 2 aromatic rings. The second-order valence-corrected chi connectivity index (χ2v) is 6.56. The molecule has 0 aromatic heterocycles. The first-order valence-electron chi connectivity index (χ1n) is 7.94. The van der Waals surface area contributed by atoms with E-state index in [0.717, 1.165) is 6.42 Å². The van der Waals surface area contributed by atoms with Crippen LogP contribution in [-0.4, -0.2) is 13.1 Å². The van der Waals surface area contributed by atoms with Crippen molar-refractivity contribution in [1.82, 2.24) is 5.32 Å². The summed E-state index contributed by atoms with van der Waals surface area (Å²) in [6, 6.07) is 18.5. The van der Waals surface area contributed by atoms with Gasteiger partial charge in [-0.3, -0.25) is 0 Å². The minimum Gasteiger partial charge on any atom is -0.316 e. The predicted molar refractivity (Wildman–Crippen MR) is 89.8 cm³/mol. The monoisotopic (exact) mass is 279 g/mol. The van der Waals surface area contributed by atoms with E-state index >= 15 is 0 Å². The van der Waals surface area contributed by atoms with Gasteiger partial charge in [0.05, 0.1) is 0 Å². The topological polar surface area (TPSA) is 12.0 Å². The summed E-state index contributed by atoms with van der Waals surface area (Å²) in [5.41, 5.74) is 6.02. The van der Waals surface area contributed by atoms with Crippen molar-refractivity contribution < 1.29 is 0 Å². The van der Waals surface area contributed by atoms with Crippen molar-refractivity contribution in [2.24, 2.45) is 0 Å². The highest BCUT2D eigenvalue weighted by Crippen LogP contribution is 2.51. The summed E-state index contributed by atoms with van der Waals surface area (Å²) in [4.78, 5) is 0. The van der Waals surface area contributed by atoms with Crippen molar-refractivity contribution in [3.63, 3.8) is 0 Å². The first kappa shape index (κ1) is 14.3. The van der Waals surface area contributed by atoms with Gasteiger partial charge in [-0.1, -0.05) is 59.7 Å². The van der Waals surface area contributed by atoms with Crippen LogP contribution in [-0.2, 0) is 11.8 Å². The van der Waals surface area contributed by atoms with Crippen LogP contribution < -0.4 is 5.32 Å². The lowest BCUT2D eigenvalue weighted by Crippen LogP contribution is -2.39. The SMILES string of the molecule is CNC(Cc1cc(C)cc(C)c1)C1(c2ccccc2)CC1. The van der Waals surface area contributed by atoms with E-state index in [1.165, 1.54) is 35.1 Å². The Hall–Kier alpha value is -1.60. The second kappa shape index (κ2) is 5.65. The Morgan fingerprint density at radius 2 is 1.62 bits per heavy atom. The number of likely N-dealkylation sites (N-methyl/N-ethyl adjacent to an activating group) is 1. The molecule has 3 rings (SSSR count). The lowest BCUT2D eigenvalue weighted by atomic mass is 9.84. The van der Waals surface area contributed by atoms with Gasteiger partial charge in [0.1, 0.15) is 0 Å². The molecule has 1 heteroatoms. The first-order valence-corrected chi connectivity index (χ1v) is 7.94. The number of rotatable bonds is 5. The van der Waals surface area contributed by atoms with E-state index in [0.29, 0.717) is 11.5 Å². The Labute approximate surface area is 128 Å². The third kappa shape index (κ3) is 2.89. The smallest absolute Gasteiger partial charge is 0.0201 e. The van der Waals surface area contributed by atoms with Crippen LogP contribution >= 0.6 is 0 Å². The van der Waals surface area contributed by atoms with Crippen LogP contribution in [0.2, 0.25) is 0 Å². The van der Waals surface area contributed by atoms with Gasteiger partial charge in [-0.2, -0.15) is 0 Å². The Morgan fingerprint density at radius 3 is 2.14 bits per heavy atom. The molecule has 1 atom stereocenters. The zero-order valence-electron chi connectivity index (χ0n) is 13.3. The van der Waals surface area contributed by atoms with E-state index in [-0.39, 0.29) is 0 Å². The van der Waals surface area contributed by atoms with Crippen molar-refractivity contribution in [2.45, 2.75) is 44.6 Å². The molecule has 21 heavy (non-hydrogen) atoms. The lowest BCUT2D eigenvalue weighted by Gasteiger charge is -2.28. The highest BCUT2D eigenvalue weighted by Gasteiger charge is 2.49. The zero-order valence-corrected chi connectivity index (χ0v) is 13.3. The molecule has 1 nitrogen and oxygen atoms in total. The molecule has 0 saturated heterocycles. The average molecular weight is 279 g/mol. The summed E-state index contributed by atoms with van der Waals surface area (Å²) in [5, 5.41) is 3.59. The second-order valence-electron chi connectivity index (χ2n) is 6.56. The minimum absolute atomic E-state index is 0.341. The van der Waals surface area contributed by atoms with Crippen molar-refractivity contribution in [3.05, 3.63) is 70.8 Å². The maximum Gasteiger partial charge on any atom is 0.0201 e. The molecule has 1 fully saturated rings. The molecule has 0 radical (unpaired) electrons. The van der Waals surface area contributed by atoms with Crippen molar-refractivity contribution >= 4 is 0 Å². The van der Waals surface area contributed by atoms with E-state index < -0.39 is 0 Å². The van der Waals surface area contributed by atoms with Crippen LogP contribution in [0, 0.1) is 13.8 Å². The van der Waals surface area contributed by atoms with Gasteiger partial charge in [-0.05, 0) is 51.3 Å². The van der Waals surface area contributed by atoms with Crippen molar-refractivity contribution in [2.75, 3.05) is 7.05 Å². The first-order chi connectivity index (χ1) is 10.1. The molecule has 0 amide bonds. The van der Waals surface area contributed by atoms with Gasteiger partial charge in [0.2, 0.25) is 0 Å². The van der Waals surface area contributed by atoms with Gasteiger partial charge >= 0.3 is 0 Å². The predicted octanol–water partition coefficient (Wildman–Crippen LogP) is 4.17. The Balaban J connectivity index is 1.86. The molecule has 1 saturated carbocycles. The van der Waals surface area contributed by atoms with Gasteiger partial charge in [-0.15, -0.1) is 0 Å². The summed E-state index contributed by atoms with van der Waals surface area (Å²) in [5.74, 6) is 0. The molecule has 0 heterocycles. The van der Waals surface area contributed by atoms with Crippen LogP contribution in [0.5, 0.6) is 0 Å². The summed E-state index contributed by atoms with van der Waals surface area (Å²) in [7, 11) is 2.11. The summed E-state index contributed by atoms with van der Waals surface area (Å²) in [6.07, 6.45) is 3.70. The van der Waals surface area contributed by atoms with Crippen LogP contribution in [0.4, 0.5) is 0 Å². The zero-order chi connectivity index (χ0) is 14.9. The number of hydrogen-bond acceptors (Lipinski definition) is 1. The fourth-order valence-corrected chi connectivity index (χ4v) is 3.74. The number of nitrogens with one attached hydrogen (secondary N) is 1. The molecule has 1 N–H and O–H groups in total. The highest BCUT2D eigenvalue weighted by atomic mass is 14.9. The van der Waals surface area contributed by atoms with E-state index in [2.05, 4.69) is 74.7 Å². The standard InChI is InChI=1S/C20H25N/c1-15-11-16(2)13-17(12-15)14-19(21-3)20(9-10-20)18-7-5-4-6-8-18/h4-8,11-13,19,21H,9-10,14H2,1-3H3. The van der Waals surface area contributed by atoms with Gasteiger partial charge in [0.15, 0.2) is 0 Å². The summed E-state index contributed by atoms with van der Waals surface area (Å²) >= 11 is 0. The molecule has 110 valence electrons. The lowest BCUT2D eigenvalue weighted by molar-refractivity contribution is 0.442. The van der Waals surface area contributed by atoms with Crippen LogP contribution in [0.1, 0.15) is 35.1 Å². The van der Waals surface area contributed by atoms with E-state index in [4.69, 9.17) is 0 Å². The number of benzene rings is 2. The van der Waals surface area contributed by atoms with Crippen LogP contribution in [0.25, 0.3) is 0 Å². The van der Waals surface area contributed by atoms with E-state index in [1.54, 1.807) is 0 Å². The molecular weight excluding hydrogens is 254 g/mol. The van der Waals surface area contributed by atoms with Crippen LogP contribution in [0.3, 0.4) is 0 Å². The largest absolute Gasteiger partial charge is 0.316 e. The van der Waals surface area contributed by atoms with E-state index in [1.807, 2.05) is 0 Å². The normalized spacial score (nSPS) is 17.5. The molecule has 0 bridgehead atoms. The van der Waals surface area contributed by atoms with Gasteiger partial charge < -0.3 is 5.32 Å². The summed E-state index contributed by atoms with van der Waals surface area (Å²) in [6.45, 7) is 4.38. The number of aryl methyl sites for hydroxylation is 2. The third-order valence-electron chi connectivity index (χ3n) is 4.87. The minimum atomic E-state index is 0.341. The molecule has 1 aliphatic rings. The van der Waals surface area contributed by atoms with Crippen molar-refractivity contribution in [3.8, 4) is 0 Å². The Kier molecular flexibility index (Phi) is 3.86. The number of hydrogen-bond donors (Lipinski definition) is 1. The van der Waals surface area contributed by atoms with Crippen LogP contribution in [0.15, 0.2) is 48.5 Å². The van der Waals surface area contributed by atoms with Gasteiger partial charge in [-0.25, -0.2) is 0 Å². The van der Waals surface area contributed by atoms with Crippen molar-refractivity contribution in [1.29, 1.82) is 0 Å². The Bertz CT molecular complexity index is 591. The fourth-order valence-electron chi connectivity index (χ4n) is 3.74. The van der Waals surface area contributed by atoms with E-state index in [9.17, 15) is 0 Å². The average Bonchev–Trinajstić information content (AvgIpc) is 3.26. The Morgan fingerprint density at radius 1 is 1.00 bits per heavy atom. The quantitative estimate of drug-likeness (QED) is 0.866. The maximum absolute atomic E-state index is 3.59. The van der Waals surface area contributed by atoms with Gasteiger partial charge in [0, 0.05) is 11.5 Å². The maximum atomic E-state index is 3.59. The molecule has 0 spiro atoms. The van der Waals surface area contributed by atoms with Gasteiger partial charge in [0.25, 0.3) is 0 Å². The highest BCUT2D eigenvalue weighted by molar-refractivity contribution is 5.36. The molecule has 2 aromatic carbocycles. The summed E-state index contributed by atoms with van der Waals surface area (Å²) < 4.78 is 0. The molecule has 1 unspecified atom stereocenters. The molecular formula is C20H25N.